The molecule has 0 unspecified atom stereocenters. The number of para-hydroxylation sites is 2. The molecule has 5 heteroatoms. The van der Waals surface area contributed by atoms with E-state index >= 15 is 0 Å². The fraction of sp³-hybridized carbons (Fsp3) is 0. The van der Waals surface area contributed by atoms with E-state index in [9.17, 15) is 4.79 Å². The Kier molecular flexibility index (Phi) is 1.62. The molecule has 1 aliphatic rings. The number of benzene rings is 1. The zero-order chi connectivity index (χ0) is 8.39. The van der Waals surface area contributed by atoms with Crippen molar-refractivity contribution >= 4 is 13.8 Å². The van der Waals surface area contributed by atoms with Crippen molar-refractivity contribution in [3.8, 4) is 11.5 Å². The zero-order valence-corrected chi connectivity index (χ0v) is 6.10. The molecule has 0 N–H and O–H groups in total. The summed E-state index contributed by atoms with van der Waals surface area (Å²) in [6.07, 6.45) is 0. The summed E-state index contributed by atoms with van der Waals surface area (Å²) in [4.78, 5) is 9.93. The van der Waals surface area contributed by atoms with Crippen LogP contribution in [0, 0.1) is 0 Å². The largest absolute Gasteiger partial charge is 0.866 e. The lowest BCUT2D eigenvalue weighted by molar-refractivity contribution is -0.122. The van der Waals surface area contributed by atoms with Crippen LogP contribution in [0.4, 0.5) is 0 Å². The maximum absolute atomic E-state index is 9.93. The van der Waals surface area contributed by atoms with Gasteiger partial charge in [-0.15, -0.1) is 0 Å². The molecule has 60 valence electrons. The monoisotopic (exact) mass is 164 g/mol. The predicted molar refractivity (Wildman–Crippen MR) is 40.6 cm³/mol. The van der Waals surface area contributed by atoms with E-state index in [-0.39, 0.29) is 6.47 Å². The van der Waals surface area contributed by atoms with Crippen molar-refractivity contribution in [3.05, 3.63) is 24.3 Å². The highest BCUT2D eigenvalue weighted by Gasteiger charge is 2.36. The van der Waals surface area contributed by atoms with Crippen molar-refractivity contribution in [2.24, 2.45) is 0 Å². The second-order valence-electron chi connectivity index (χ2n) is 2.20. The first kappa shape index (κ1) is 7.03. The summed E-state index contributed by atoms with van der Waals surface area (Å²) in [5.41, 5.74) is 0. The molecule has 0 aromatic heterocycles. The fourth-order valence-electron chi connectivity index (χ4n) is 0.977. The second-order valence-corrected chi connectivity index (χ2v) is 2.20. The summed E-state index contributed by atoms with van der Waals surface area (Å²) in [7, 11) is -0.931. The molecule has 12 heavy (non-hydrogen) atoms. The first-order valence-electron chi connectivity index (χ1n) is 3.41. The van der Waals surface area contributed by atoms with Gasteiger partial charge in [0.25, 0.3) is 6.47 Å². The van der Waals surface area contributed by atoms with E-state index in [1.54, 1.807) is 12.1 Å². The van der Waals surface area contributed by atoms with Gasteiger partial charge in [-0.05, 0) is 12.1 Å². The van der Waals surface area contributed by atoms with E-state index in [0.29, 0.717) is 11.5 Å². The Morgan fingerprint density at radius 1 is 1.25 bits per heavy atom. The van der Waals surface area contributed by atoms with Crippen LogP contribution >= 0.6 is 0 Å². The highest BCUT2D eigenvalue weighted by molar-refractivity contribution is 6.41. The average molecular weight is 164 g/mol. The number of carbonyl (C=O) groups is 1. The topological polar surface area (TPSA) is 44.8 Å². The quantitative estimate of drug-likeness (QED) is 0.474. The first-order valence-corrected chi connectivity index (χ1v) is 3.41. The summed E-state index contributed by atoms with van der Waals surface area (Å²) in [6.45, 7) is 0.288. The van der Waals surface area contributed by atoms with Crippen LogP contribution in [-0.4, -0.2) is 13.8 Å². The molecular formula is C7H5BO4. The Bertz CT molecular complexity index is 276. The number of hydrogen-bond donors (Lipinski definition) is 0. The summed E-state index contributed by atoms with van der Waals surface area (Å²) in [5.74, 6) is 1.17. The first-order chi connectivity index (χ1) is 5.90. The van der Waals surface area contributed by atoms with Crippen LogP contribution < -0.4 is 9.31 Å². The average Bonchev–Trinajstić information content (AvgIpc) is 2.47. The highest BCUT2D eigenvalue weighted by Crippen LogP contribution is 2.32. The van der Waals surface area contributed by atoms with Gasteiger partial charge in [0.05, 0.1) is 0 Å². The SMILES string of the molecule is O=COB1Oc2ccccc2O1. The smallest absolute Gasteiger partial charge is 0.486 e. The van der Waals surface area contributed by atoms with Crippen molar-refractivity contribution in [2.45, 2.75) is 0 Å². The molecule has 0 spiro atoms. The molecule has 0 saturated carbocycles. The number of rotatable bonds is 2. The van der Waals surface area contributed by atoms with Crippen molar-refractivity contribution in [3.63, 3.8) is 0 Å². The van der Waals surface area contributed by atoms with Gasteiger partial charge in [-0.2, -0.15) is 0 Å². The van der Waals surface area contributed by atoms with E-state index < -0.39 is 7.32 Å². The third-order valence-corrected chi connectivity index (χ3v) is 1.46. The van der Waals surface area contributed by atoms with E-state index in [1.165, 1.54) is 0 Å². The Morgan fingerprint density at radius 3 is 2.33 bits per heavy atom. The summed E-state index contributed by atoms with van der Waals surface area (Å²) >= 11 is 0. The van der Waals surface area contributed by atoms with Crippen LogP contribution in [-0.2, 0) is 9.45 Å². The summed E-state index contributed by atoms with van der Waals surface area (Å²) < 4.78 is 14.6. The minimum absolute atomic E-state index is 0.288. The van der Waals surface area contributed by atoms with Gasteiger partial charge in [0.1, 0.15) is 11.5 Å². The van der Waals surface area contributed by atoms with Gasteiger partial charge in [-0.3, -0.25) is 4.79 Å². The number of hydrogen-bond acceptors (Lipinski definition) is 4. The molecule has 0 radical (unpaired) electrons. The van der Waals surface area contributed by atoms with Crippen LogP contribution in [0.3, 0.4) is 0 Å². The molecule has 0 fully saturated rings. The van der Waals surface area contributed by atoms with E-state index in [0.717, 1.165) is 0 Å². The van der Waals surface area contributed by atoms with E-state index in [2.05, 4.69) is 4.65 Å². The molecule has 0 atom stereocenters. The fourth-order valence-corrected chi connectivity index (χ4v) is 0.977. The zero-order valence-electron chi connectivity index (χ0n) is 6.10. The predicted octanol–water partition coefficient (Wildman–Crippen LogP) is 0.616. The molecule has 0 aliphatic carbocycles. The molecule has 0 bridgehead atoms. The Balaban J connectivity index is 2.16. The molecule has 0 saturated heterocycles. The maximum atomic E-state index is 9.93. The van der Waals surface area contributed by atoms with Crippen molar-refractivity contribution in [1.29, 1.82) is 0 Å². The van der Waals surface area contributed by atoms with Crippen LogP contribution in [0.15, 0.2) is 24.3 Å². The standard InChI is InChI=1S/C7H5BO4/c9-5-10-8-11-6-3-1-2-4-7(6)12-8/h1-5H. The molecule has 1 aromatic carbocycles. The third kappa shape index (κ3) is 1.09. The molecule has 1 heterocycles. The van der Waals surface area contributed by atoms with Crippen LogP contribution in [0.25, 0.3) is 0 Å². The Morgan fingerprint density at radius 2 is 1.83 bits per heavy atom. The van der Waals surface area contributed by atoms with Crippen molar-refractivity contribution in [2.75, 3.05) is 0 Å². The van der Waals surface area contributed by atoms with Crippen molar-refractivity contribution in [1.82, 2.24) is 0 Å². The second kappa shape index (κ2) is 2.77. The minimum atomic E-state index is -0.931. The van der Waals surface area contributed by atoms with Crippen molar-refractivity contribution < 1.29 is 18.8 Å². The maximum Gasteiger partial charge on any atom is 0.866 e. The summed E-state index contributed by atoms with van der Waals surface area (Å²) in [5, 5.41) is 0. The molecule has 0 amide bonds. The van der Waals surface area contributed by atoms with Gasteiger partial charge < -0.3 is 14.0 Å². The summed E-state index contributed by atoms with van der Waals surface area (Å²) in [6, 6.07) is 7.10. The molecule has 2 rings (SSSR count). The lowest BCUT2D eigenvalue weighted by atomic mass is 10.2. The van der Waals surface area contributed by atoms with Crippen LogP contribution in [0.2, 0.25) is 0 Å². The third-order valence-electron chi connectivity index (χ3n) is 1.46. The lowest BCUT2D eigenvalue weighted by Gasteiger charge is -1.97. The van der Waals surface area contributed by atoms with Gasteiger partial charge in [0.15, 0.2) is 0 Å². The minimum Gasteiger partial charge on any atom is -0.486 e. The normalized spacial score (nSPS) is 12.8. The molecular weight excluding hydrogens is 159 g/mol. The van der Waals surface area contributed by atoms with Gasteiger partial charge in [-0.25, -0.2) is 0 Å². The number of fused-ring (bicyclic) bond motifs is 1. The van der Waals surface area contributed by atoms with Gasteiger partial charge >= 0.3 is 7.32 Å². The van der Waals surface area contributed by atoms with E-state index in [4.69, 9.17) is 9.31 Å². The lowest BCUT2D eigenvalue weighted by Crippen LogP contribution is -2.27. The van der Waals surface area contributed by atoms with Gasteiger partial charge in [-0.1, -0.05) is 12.1 Å². The Labute approximate surface area is 69.2 Å². The molecule has 1 aromatic rings. The molecule has 1 aliphatic heterocycles. The Hall–Kier alpha value is -1.65. The van der Waals surface area contributed by atoms with E-state index in [1.807, 2.05) is 12.1 Å². The van der Waals surface area contributed by atoms with Gasteiger partial charge in [0, 0.05) is 0 Å². The van der Waals surface area contributed by atoms with Crippen LogP contribution in [0.5, 0.6) is 11.5 Å². The van der Waals surface area contributed by atoms with Gasteiger partial charge in [0.2, 0.25) is 0 Å². The highest BCUT2D eigenvalue weighted by atomic mass is 16.8. The molecule has 4 nitrogen and oxygen atoms in total. The van der Waals surface area contributed by atoms with Crippen LogP contribution in [0.1, 0.15) is 0 Å². The number of carbonyl (C=O) groups excluding carboxylic acids is 1.